The molecule has 0 fully saturated rings. The molecule has 0 spiro atoms. The van der Waals surface area contributed by atoms with Crippen molar-refractivity contribution in [3.8, 4) is 0 Å². The molecule has 0 saturated heterocycles. The number of nitrogens with zero attached hydrogens (tertiary/aromatic N) is 3. The third-order valence-electron chi connectivity index (χ3n) is 3.87. The lowest BCUT2D eigenvalue weighted by atomic mass is 9.85. The van der Waals surface area contributed by atoms with Gasteiger partial charge in [-0.25, -0.2) is 15.0 Å². The van der Waals surface area contributed by atoms with Crippen molar-refractivity contribution < 1.29 is 14.0 Å². The predicted octanol–water partition coefficient (Wildman–Crippen LogP) is 1.56. The highest BCUT2D eigenvalue weighted by atomic mass is 19.1. The molecule has 0 saturated carbocycles. The van der Waals surface area contributed by atoms with E-state index in [2.05, 4.69) is 25.6 Å². The Hall–Kier alpha value is -3.30. The Bertz CT molecular complexity index is 857. The standard InChI is InChI=1S/C17H22FN7O2/c1-9(7-17(2,3)16(20)27)23-12-8-22-13(14(19)26)15(25-12)24-10-4-5-21-11(18)6-10/h4-6,8-9H,7H2,1-3H3,(H2,19,26)(H2,20,27)(H2,21,23,24,25). The molecule has 2 aromatic heterocycles. The van der Waals surface area contributed by atoms with E-state index in [-0.39, 0.29) is 17.6 Å². The molecule has 6 N–H and O–H groups in total. The predicted molar refractivity (Wildman–Crippen MR) is 98.7 cm³/mol. The second-order valence-corrected chi connectivity index (χ2v) is 6.81. The van der Waals surface area contributed by atoms with Crippen LogP contribution in [0.2, 0.25) is 0 Å². The van der Waals surface area contributed by atoms with Gasteiger partial charge in [0.25, 0.3) is 5.91 Å². The van der Waals surface area contributed by atoms with Crippen LogP contribution >= 0.6 is 0 Å². The van der Waals surface area contributed by atoms with Crippen LogP contribution in [0.25, 0.3) is 0 Å². The molecule has 1 atom stereocenters. The summed E-state index contributed by atoms with van der Waals surface area (Å²) >= 11 is 0. The van der Waals surface area contributed by atoms with Gasteiger partial charge in [0.2, 0.25) is 11.9 Å². The van der Waals surface area contributed by atoms with Crippen LogP contribution in [0.15, 0.2) is 24.5 Å². The molecule has 0 bridgehead atoms. The smallest absolute Gasteiger partial charge is 0.271 e. The van der Waals surface area contributed by atoms with Gasteiger partial charge in [0.1, 0.15) is 5.82 Å². The van der Waals surface area contributed by atoms with Crippen LogP contribution in [-0.2, 0) is 4.79 Å². The normalized spacial score (nSPS) is 12.3. The summed E-state index contributed by atoms with van der Waals surface area (Å²) in [6.07, 6.45) is 3.08. The first-order valence-corrected chi connectivity index (χ1v) is 8.20. The molecule has 27 heavy (non-hydrogen) atoms. The number of amides is 2. The number of aromatic nitrogens is 3. The van der Waals surface area contributed by atoms with Gasteiger partial charge in [0.05, 0.1) is 6.20 Å². The molecule has 0 aliphatic carbocycles. The van der Waals surface area contributed by atoms with Gasteiger partial charge >= 0.3 is 0 Å². The second-order valence-electron chi connectivity index (χ2n) is 6.81. The van der Waals surface area contributed by atoms with E-state index in [0.717, 1.165) is 6.07 Å². The molecule has 0 aliphatic rings. The number of carbonyl (C=O) groups is 2. The molecule has 2 amide bonds. The second kappa shape index (κ2) is 7.94. The zero-order valence-electron chi connectivity index (χ0n) is 15.3. The number of anilines is 3. The molecule has 2 rings (SSSR count). The number of halogens is 1. The van der Waals surface area contributed by atoms with Gasteiger partial charge in [0.15, 0.2) is 11.5 Å². The van der Waals surface area contributed by atoms with Crippen molar-refractivity contribution in [3.63, 3.8) is 0 Å². The fourth-order valence-electron chi connectivity index (χ4n) is 2.51. The summed E-state index contributed by atoms with van der Waals surface area (Å²) in [5.74, 6) is -1.46. The molecule has 0 aliphatic heterocycles. The summed E-state index contributed by atoms with van der Waals surface area (Å²) in [6.45, 7) is 5.36. The highest BCUT2D eigenvalue weighted by molar-refractivity contribution is 5.96. The molecule has 1 unspecified atom stereocenters. The number of nitrogens with one attached hydrogen (secondary N) is 2. The molecular formula is C17H22FN7O2. The zero-order chi connectivity index (χ0) is 20.2. The maximum atomic E-state index is 13.3. The van der Waals surface area contributed by atoms with Crippen LogP contribution in [0, 0.1) is 11.4 Å². The minimum Gasteiger partial charge on any atom is -0.369 e. The van der Waals surface area contributed by atoms with Crippen molar-refractivity contribution in [2.45, 2.75) is 33.2 Å². The molecule has 9 nitrogen and oxygen atoms in total. The minimum absolute atomic E-state index is 0.0689. The molecular weight excluding hydrogens is 353 g/mol. The molecule has 0 aromatic carbocycles. The van der Waals surface area contributed by atoms with E-state index in [1.54, 1.807) is 13.8 Å². The average molecular weight is 375 g/mol. The summed E-state index contributed by atoms with van der Waals surface area (Å²) in [7, 11) is 0. The fourth-order valence-corrected chi connectivity index (χ4v) is 2.51. The molecule has 0 radical (unpaired) electrons. The van der Waals surface area contributed by atoms with Gasteiger partial charge in [-0.2, -0.15) is 4.39 Å². The summed E-state index contributed by atoms with van der Waals surface area (Å²) in [4.78, 5) is 34.8. The largest absolute Gasteiger partial charge is 0.369 e. The third-order valence-corrected chi connectivity index (χ3v) is 3.87. The van der Waals surface area contributed by atoms with Crippen molar-refractivity contribution in [3.05, 3.63) is 36.2 Å². The van der Waals surface area contributed by atoms with Gasteiger partial charge in [0, 0.05) is 29.4 Å². The summed E-state index contributed by atoms with van der Waals surface area (Å²) in [6, 6.07) is 2.49. The van der Waals surface area contributed by atoms with Gasteiger partial charge < -0.3 is 22.1 Å². The first-order chi connectivity index (χ1) is 12.6. The van der Waals surface area contributed by atoms with Crippen LogP contribution in [0.5, 0.6) is 0 Å². The van der Waals surface area contributed by atoms with E-state index in [9.17, 15) is 14.0 Å². The minimum atomic E-state index is -0.783. The van der Waals surface area contributed by atoms with Crippen molar-refractivity contribution in [1.29, 1.82) is 0 Å². The molecule has 2 heterocycles. The van der Waals surface area contributed by atoms with Crippen molar-refractivity contribution in [2.24, 2.45) is 16.9 Å². The zero-order valence-corrected chi connectivity index (χ0v) is 15.3. The number of nitrogens with two attached hydrogens (primary N) is 2. The lowest BCUT2D eigenvalue weighted by Crippen LogP contribution is -2.36. The number of hydrogen-bond acceptors (Lipinski definition) is 7. The summed E-state index contributed by atoms with van der Waals surface area (Å²) < 4.78 is 13.3. The van der Waals surface area contributed by atoms with Gasteiger partial charge in [-0.15, -0.1) is 0 Å². The van der Waals surface area contributed by atoms with E-state index in [0.29, 0.717) is 17.9 Å². The average Bonchev–Trinajstić information content (AvgIpc) is 2.54. The first-order valence-electron chi connectivity index (χ1n) is 8.20. The molecule has 144 valence electrons. The Balaban J connectivity index is 2.24. The van der Waals surface area contributed by atoms with Crippen LogP contribution in [-0.4, -0.2) is 32.8 Å². The van der Waals surface area contributed by atoms with E-state index >= 15 is 0 Å². The fraction of sp³-hybridized carbons (Fsp3) is 0.353. The number of pyridine rings is 1. The monoisotopic (exact) mass is 375 g/mol. The Morgan fingerprint density at radius 3 is 2.59 bits per heavy atom. The van der Waals surface area contributed by atoms with Crippen LogP contribution < -0.4 is 22.1 Å². The topological polar surface area (TPSA) is 149 Å². The molecule has 2 aromatic rings. The third kappa shape index (κ3) is 5.33. The van der Waals surface area contributed by atoms with Crippen LogP contribution in [0.4, 0.5) is 21.7 Å². The molecule has 10 heteroatoms. The van der Waals surface area contributed by atoms with Gasteiger partial charge in [-0.3, -0.25) is 9.59 Å². The quantitative estimate of drug-likeness (QED) is 0.511. The van der Waals surface area contributed by atoms with E-state index < -0.39 is 23.2 Å². The van der Waals surface area contributed by atoms with E-state index in [1.807, 2.05) is 6.92 Å². The lowest BCUT2D eigenvalue weighted by molar-refractivity contribution is -0.126. The Morgan fingerprint density at radius 2 is 2.00 bits per heavy atom. The maximum Gasteiger partial charge on any atom is 0.271 e. The number of hydrogen-bond donors (Lipinski definition) is 4. The summed E-state index contributed by atoms with van der Waals surface area (Å²) in [5.41, 5.74) is 10.3. The first kappa shape index (κ1) is 20.0. The number of carbonyl (C=O) groups excluding carboxylic acids is 2. The lowest BCUT2D eigenvalue weighted by Gasteiger charge is -2.25. The van der Waals surface area contributed by atoms with Crippen molar-refractivity contribution in [1.82, 2.24) is 15.0 Å². The number of rotatable bonds is 8. The van der Waals surface area contributed by atoms with E-state index in [1.165, 1.54) is 18.5 Å². The van der Waals surface area contributed by atoms with Gasteiger partial charge in [-0.1, -0.05) is 13.8 Å². The van der Waals surface area contributed by atoms with Crippen LogP contribution in [0.3, 0.4) is 0 Å². The Kier molecular flexibility index (Phi) is 5.88. The SMILES string of the molecule is CC(CC(C)(C)C(N)=O)Nc1cnc(C(N)=O)c(Nc2ccnc(F)c2)n1. The van der Waals surface area contributed by atoms with Crippen molar-refractivity contribution in [2.75, 3.05) is 10.6 Å². The van der Waals surface area contributed by atoms with E-state index in [4.69, 9.17) is 11.5 Å². The highest BCUT2D eigenvalue weighted by Gasteiger charge is 2.27. The number of primary amides is 2. The Morgan fingerprint density at radius 1 is 1.30 bits per heavy atom. The Labute approximate surface area is 155 Å². The van der Waals surface area contributed by atoms with Crippen molar-refractivity contribution >= 4 is 29.1 Å². The maximum absolute atomic E-state index is 13.3. The highest BCUT2D eigenvalue weighted by Crippen LogP contribution is 2.24. The summed E-state index contributed by atoms with van der Waals surface area (Å²) in [5, 5.41) is 5.90. The van der Waals surface area contributed by atoms with Gasteiger partial charge in [-0.05, 0) is 19.4 Å². The van der Waals surface area contributed by atoms with Crippen LogP contribution in [0.1, 0.15) is 37.7 Å².